The molecule has 0 saturated heterocycles. The first-order valence-corrected chi connectivity index (χ1v) is 10.5. The van der Waals surface area contributed by atoms with Crippen LogP contribution in [0.4, 0.5) is 0 Å². The van der Waals surface area contributed by atoms with Gasteiger partial charge in [-0.05, 0) is 38.7 Å². The highest BCUT2D eigenvalue weighted by atomic mass is 32.1. The number of carbonyl (C=O) groups excluding carboxylic acids is 3. The Bertz CT molecular complexity index is 942. The molecule has 5 N–H and O–H groups in total. The molecular formula is C20H27BN4O5S. The van der Waals surface area contributed by atoms with E-state index in [1.165, 1.54) is 17.5 Å². The van der Waals surface area contributed by atoms with Crippen molar-refractivity contribution in [2.24, 2.45) is 0 Å². The summed E-state index contributed by atoms with van der Waals surface area (Å²) < 4.78 is 0. The molecule has 1 heterocycles. The van der Waals surface area contributed by atoms with E-state index in [-0.39, 0.29) is 18.9 Å². The lowest BCUT2D eigenvalue weighted by molar-refractivity contribution is -0.129. The van der Waals surface area contributed by atoms with Crippen molar-refractivity contribution in [1.82, 2.24) is 20.9 Å². The summed E-state index contributed by atoms with van der Waals surface area (Å²) in [7, 11) is -1.62. The molecule has 2 rings (SSSR count). The van der Waals surface area contributed by atoms with Gasteiger partial charge in [-0.25, -0.2) is 4.98 Å². The monoisotopic (exact) mass is 446 g/mol. The molecule has 166 valence electrons. The van der Waals surface area contributed by atoms with E-state index in [1.54, 1.807) is 31.2 Å². The summed E-state index contributed by atoms with van der Waals surface area (Å²) in [5.41, 5.74) is 0.450. The van der Waals surface area contributed by atoms with Crippen LogP contribution in [0.1, 0.15) is 47.4 Å². The topological polar surface area (TPSA) is 141 Å². The Hall–Kier alpha value is -2.76. The summed E-state index contributed by atoms with van der Waals surface area (Å²) in [6.45, 7) is 7.32. The van der Waals surface area contributed by atoms with E-state index in [4.69, 9.17) is 0 Å². The number of hydrogen-bond donors (Lipinski definition) is 5. The van der Waals surface area contributed by atoms with Crippen molar-refractivity contribution in [3.8, 4) is 0 Å². The highest BCUT2D eigenvalue weighted by molar-refractivity contribution is 7.13. The van der Waals surface area contributed by atoms with Gasteiger partial charge in [0.15, 0.2) is 0 Å². The van der Waals surface area contributed by atoms with E-state index in [1.807, 2.05) is 20.8 Å². The van der Waals surface area contributed by atoms with Gasteiger partial charge in [0, 0.05) is 12.1 Å². The van der Waals surface area contributed by atoms with Gasteiger partial charge in [-0.1, -0.05) is 24.3 Å². The standard InChI is InChI=1S/C20H27BN4O5S/c1-12-22-11-16(31-12)19(28)24-15(9-17(26)25-20(2,3)4)18(27)23-10-13-6-5-7-14(8-13)21(29)30/h5-8,11,15,29-30H,9-10H2,1-4H3,(H,23,27)(H,24,28)(H,25,26)/t15-/m0/s1. The molecular weight excluding hydrogens is 419 g/mol. The lowest BCUT2D eigenvalue weighted by Gasteiger charge is -2.23. The van der Waals surface area contributed by atoms with Crippen LogP contribution in [0.15, 0.2) is 30.5 Å². The van der Waals surface area contributed by atoms with Crippen molar-refractivity contribution in [1.29, 1.82) is 0 Å². The number of aryl methyl sites for hydroxylation is 1. The number of nitrogens with zero attached hydrogens (tertiary/aromatic N) is 1. The SMILES string of the molecule is Cc1ncc(C(=O)N[C@@H](CC(=O)NC(C)(C)C)C(=O)NCc2cccc(B(O)O)c2)s1. The molecule has 0 unspecified atom stereocenters. The van der Waals surface area contributed by atoms with Crippen LogP contribution in [0.5, 0.6) is 0 Å². The molecule has 2 aromatic rings. The third-order valence-electron chi connectivity index (χ3n) is 4.09. The number of nitrogens with one attached hydrogen (secondary N) is 3. The second-order valence-electron chi connectivity index (χ2n) is 8.11. The normalized spacial score (nSPS) is 12.1. The van der Waals surface area contributed by atoms with Crippen LogP contribution < -0.4 is 21.4 Å². The molecule has 3 amide bonds. The van der Waals surface area contributed by atoms with Crippen LogP contribution in [0.25, 0.3) is 0 Å². The minimum atomic E-state index is -1.62. The predicted molar refractivity (Wildman–Crippen MR) is 119 cm³/mol. The first-order valence-electron chi connectivity index (χ1n) is 9.71. The number of hydrogen-bond acceptors (Lipinski definition) is 7. The zero-order valence-electron chi connectivity index (χ0n) is 17.9. The number of benzene rings is 1. The summed E-state index contributed by atoms with van der Waals surface area (Å²) >= 11 is 1.19. The van der Waals surface area contributed by atoms with Gasteiger partial charge in [0.25, 0.3) is 5.91 Å². The highest BCUT2D eigenvalue weighted by Crippen LogP contribution is 2.12. The Morgan fingerprint density at radius 2 is 1.94 bits per heavy atom. The molecule has 9 nitrogen and oxygen atoms in total. The Labute approximate surface area is 185 Å². The van der Waals surface area contributed by atoms with Crippen LogP contribution in [0, 0.1) is 6.92 Å². The Kier molecular flexibility index (Phi) is 8.32. The van der Waals surface area contributed by atoms with Gasteiger partial charge in [0.1, 0.15) is 10.9 Å². The minimum Gasteiger partial charge on any atom is -0.423 e. The summed E-state index contributed by atoms with van der Waals surface area (Å²) in [6, 6.07) is 5.35. The van der Waals surface area contributed by atoms with Crippen LogP contribution in [-0.2, 0) is 16.1 Å². The van der Waals surface area contributed by atoms with E-state index in [0.717, 1.165) is 0 Å². The molecule has 0 aliphatic rings. The number of rotatable bonds is 8. The van der Waals surface area contributed by atoms with Gasteiger partial charge in [-0.15, -0.1) is 11.3 Å². The first kappa shape index (κ1) is 24.5. The second-order valence-corrected chi connectivity index (χ2v) is 9.34. The molecule has 31 heavy (non-hydrogen) atoms. The van der Waals surface area contributed by atoms with Gasteiger partial charge in [0.2, 0.25) is 11.8 Å². The van der Waals surface area contributed by atoms with Crippen molar-refractivity contribution in [2.45, 2.75) is 52.2 Å². The highest BCUT2D eigenvalue weighted by Gasteiger charge is 2.26. The zero-order valence-corrected chi connectivity index (χ0v) is 18.7. The minimum absolute atomic E-state index is 0.0896. The maximum atomic E-state index is 12.8. The zero-order chi connectivity index (χ0) is 23.2. The number of carbonyl (C=O) groups is 3. The van der Waals surface area contributed by atoms with Crippen LogP contribution in [0.3, 0.4) is 0 Å². The molecule has 0 aliphatic heterocycles. The van der Waals surface area contributed by atoms with E-state index in [9.17, 15) is 24.4 Å². The number of thiazole rings is 1. The smallest absolute Gasteiger partial charge is 0.423 e. The number of amides is 3. The average molecular weight is 446 g/mol. The Morgan fingerprint density at radius 1 is 1.23 bits per heavy atom. The van der Waals surface area contributed by atoms with Crippen LogP contribution >= 0.6 is 11.3 Å². The van der Waals surface area contributed by atoms with Crippen molar-refractivity contribution in [3.63, 3.8) is 0 Å². The van der Waals surface area contributed by atoms with Gasteiger partial charge in [-0.2, -0.15) is 0 Å². The molecule has 1 aromatic heterocycles. The fraction of sp³-hybridized carbons (Fsp3) is 0.400. The summed E-state index contributed by atoms with van der Waals surface area (Å²) in [6.07, 6.45) is 1.19. The third kappa shape index (κ3) is 8.12. The summed E-state index contributed by atoms with van der Waals surface area (Å²) in [4.78, 5) is 42.1. The largest absolute Gasteiger partial charge is 0.488 e. The Morgan fingerprint density at radius 3 is 2.52 bits per heavy atom. The van der Waals surface area contributed by atoms with E-state index in [2.05, 4.69) is 20.9 Å². The fourth-order valence-corrected chi connectivity index (χ4v) is 3.42. The van der Waals surface area contributed by atoms with Crippen LogP contribution in [-0.4, -0.2) is 51.5 Å². The third-order valence-corrected chi connectivity index (χ3v) is 5.00. The lowest BCUT2D eigenvalue weighted by Crippen LogP contribution is -2.50. The molecule has 11 heteroatoms. The quantitative estimate of drug-likeness (QED) is 0.358. The van der Waals surface area contributed by atoms with Gasteiger partial charge in [0.05, 0.1) is 17.6 Å². The van der Waals surface area contributed by atoms with Crippen molar-refractivity contribution in [2.75, 3.05) is 0 Å². The van der Waals surface area contributed by atoms with E-state index in [0.29, 0.717) is 20.9 Å². The molecule has 0 radical (unpaired) electrons. The molecule has 0 bridgehead atoms. The lowest BCUT2D eigenvalue weighted by atomic mass is 9.79. The van der Waals surface area contributed by atoms with Crippen molar-refractivity contribution in [3.05, 3.63) is 45.9 Å². The van der Waals surface area contributed by atoms with Gasteiger partial charge < -0.3 is 26.0 Å². The van der Waals surface area contributed by atoms with Gasteiger partial charge in [-0.3, -0.25) is 14.4 Å². The van der Waals surface area contributed by atoms with E-state index < -0.39 is 30.5 Å². The maximum absolute atomic E-state index is 12.8. The maximum Gasteiger partial charge on any atom is 0.488 e. The average Bonchev–Trinajstić information content (AvgIpc) is 3.10. The summed E-state index contributed by atoms with van der Waals surface area (Å²) in [5.74, 6) is -1.40. The van der Waals surface area contributed by atoms with Crippen molar-refractivity contribution >= 4 is 41.6 Å². The second kappa shape index (κ2) is 10.5. The molecule has 1 atom stereocenters. The molecule has 0 spiro atoms. The van der Waals surface area contributed by atoms with E-state index >= 15 is 0 Å². The number of aromatic nitrogens is 1. The van der Waals surface area contributed by atoms with Crippen LogP contribution in [0.2, 0.25) is 0 Å². The van der Waals surface area contributed by atoms with Gasteiger partial charge >= 0.3 is 7.12 Å². The fourth-order valence-electron chi connectivity index (χ4n) is 2.74. The molecule has 0 saturated carbocycles. The Balaban J connectivity index is 2.10. The van der Waals surface area contributed by atoms with Crippen molar-refractivity contribution < 1.29 is 24.4 Å². The predicted octanol–water partition coefficient (Wildman–Crippen LogP) is -0.149. The molecule has 0 fully saturated rings. The molecule has 0 aliphatic carbocycles. The molecule has 1 aromatic carbocycles. The summed E-state index contributed by atoms with van der Waals surface area (Å²) in [5, 5.41) is 27.4. The first-order chi connectivity index (χ1) is 14.4.